The highest BCUT2D eigenvalue weighted by molar-refractivity contribution is 6.92. The van der Waals surface area contributed by atoms with E-state index in [1.807, 2.05) is 0 Å². The van der Waals surface area contributed by atoms with Crippen LogP contribution in [0, 0.1) is 0 Å². The average molecular weight is 79.9 g/mol. The van der Waals surface area contributed by atoms with E-state index in [4.69, 9.17) is 0 Å². The fourth-order valence-electron chi connectivity index (χ4n) is 0. The Kier molecular flexibility index (Phi) is 8650. The van der Waals surface area contributed by atoms with Crippen molar-refractivity contribution < 1.29 is 5.48 Å². The summed E-state index contributed by atoms with van der Waals surface area (Å²) in [5, 5.41) is 0. The van der Waals surface area contributed by atoms with Gasteiger partial charge in [0.1, 0.15) is 0 Å². The standard InChI is InChI=1S/B.H3N.H2O.H3P/h;1H3;1H2;1H3. The Morgan fingerprint density at radius 3 is 1.00 bits per heavy atom. The van der Waals surface area contributed by atoms with Gasteiger partial charge in [-0.1, -0.05) is 0 Å². The average Bonchev–Trinajstić information content (AvgIpc) is 0. The predicted molar refractivity (Wildman–Crippen MR) is 25.5 cm³/mol. The van der Waals surface area contributed by atoms with Crippen LogP contribution in [0.15, 0.2) is 0 Å². The van der Waals surface area contributed by atoms with Crippen molar-refractivity contribution in [3.8, 4) is 0 Å². The first-order valence-electron chi connectivity index (χ1n) is 0. The zero-order chi connectivity index (χ0) is 0. The van der Waals surface area contributed by atoms with Gasteiger partial charge < -0.3 is 11.6 Å². The maximum Gasteiger partial charge on any atom is 0 e. The van der Waals surface area contributed by atoms with E-state index < -0.39 is 0 Å². The molecule has 0 heterocycles. The molecule has 27 valence electrons. The van der Waals surface area contributed by atoms with Crippen molar-refractivity contribution in [3.63, 3.8) is 0 Å². The fraction of sp³-hybridized carbons (Fsp3) is 0. The molecule has 0 spiro atoms. The van der Waals surface area contributed by atoms with Crippen LogP contribution in [-0.2, 0) is 0 Å². The predicted octanol–water partition coefficient (Wildman–Crippen LogP) is -0.985. The molecule has 2 nitrogen and oxygen atoms in total. The molecule has 1 atom stereocenters. The van der Waals surface area contributed by atoms with Crippen LogP contribution in [0.2, 0.25) is 0 Å². The van der Waals surface area contributed by atoms with Gasteiger partial charge in [0.05, 0.1) is 0 Å². The molecule has 0 aromatic rings. The number of hydrogen-bond donors (Lipinski definition) is 1. The molecular weight excluding hydrogens is 71.8 g/mol. The largest absolute Gasteiger partial charge is 0.412 e. The SMILES string of the molecule is N.O.P.[B]. The quantitative estimate of drug-likeness (QED) is 0.294. The Morgan fingerprint density at radius 2 is 1.00 bits per heavy atom. The van der Waals surface area contributed by atoms with Crippen molar-refractivity contribution in [3.05, 3.63) is 0 Å². The van der Waals surface area contributed by atoms with Gasteiger partial charge in [0.2, 0.25) is 0 Å². The first kappa shape index (κ1) is 299. The minimum Gasteiger partial charge on any atom is -0.412 e. The highest BCUT2D eigenvalue weighted by atomic mass is 31.0. The molecule has 5 N–H and O–H groups in total. The number of hydrogen-bond acceptors (Lipinski definition) is 1. The molecule has 0 saturated carbocycles. The van der Waals surface area contributed by atoms with Gasteiger partial charge in [-0.25, -0.2) is 0 Å². The van der Waals surface area contributed by atoms with Crippen molar-refractivity contribution in [2.45, 2.75) is 0 Å². The van der Waals surface area contributed by atoms with Crippen LogP contribution in [0.25, 0.3) is 0 Å². The molecule has 3 radical (unpaired) electrons. The minimum absolute atomic E-state index is 0. The molecule has 0 aliphatic carbocycles. The van der Waals surface area contributed by atoms with Crippen molar-refractivity contribution in [2.24, 2.45) is 0 Å². The van der Waals surface area contributed by atoms with Gasteiger partial charge in [0, 0.05) is 8.41 Å². The second kappa shape index (κ2) is 116. The van der Waals surface area contributed by atoms with Gasteiger partial charge in [-0.2, -0.15) is 9.90 Å². The number of rotatable bonds is 0. The highest BCUT2D eigenvalue weighted by Crippen LogP contribution is 0.861. The third kappa shape index (κ3) is 28.1. The van der Waals surface area contributed by atoms with E-state index >= 15 is 0 Å². The summed E-state index contributed by atoms with van der Waals surface area (Å²) in [5.74, 6) is 0. The van der Waals surface area contributed by atoms with E-state index in [2.05, 4.69) is 0 Å². The smallest absolute Gasteiger partial charge is 0 e. The maximum absolute atomic E-state index is 0. The molecular formula is H8BNOP. The highest BCUT2D eigenvalue weighted by Gasteiger charge is 0.0000119. The summed E-state index contributed by atoms with van der Waals surface area (Å²) in [4.78, 5) is 0. The molecule has 4 heteroatoms. The normalized spacial score (nSPS) is 0. The molecule has 1 unspecified atom stereocenters. The summed E-state index contributed by atoms with van der Waals surface area (Å²) in [5.41, 5.74) is 0. The minimum atomic E-state index is 0. The van der Waals surface area contributed by atoms with Crippen LogP contribution in [0.1, 0.15) is 0 Å². The summed E-state index contributed by atoms with van der Waals surface area (Å²) in [6, 6.07) is 0. The van der Waals surface area contributed by atoms with E-state index in [1.54, 1.807) is 0 Å². The molecule has 0 rings (SSSR count). The van der Waals surface area contributed by atoms with Crippen molar-refractivity contribution in [1.29, 1.82) is 0 Å². The molecule has 0 amide bonds. The van der Waals surface area contributed by atoms with E-state index in [-0.39, 0.29) is 29.9 Å². The van der Waals surface area contributed by atoms with Gasteiger partial charge in [-0.3, -0.25) is 0 Å². The Morgan fingerprint density at radius 1 is 1.00 bits per heavy atom. The summed E-state index contributed by atoms with van der Waals surface area (Å²) in [6.07, 6.45) is 0. The first-order valence-corrected chi connectivity index (χ1v) is 0. The lowest BCUT2D eigenvalue weighted by atomic mass is 10.8. The summed E-state index contributed by atoms with van der Waals surface area (Å²) < 4.78 is 0. The van der Waals surface area contributed by atoms with Crippen molar-refractivity contribution in [2.75, 3.05) is 0 Å². The third-order valence-electron chi connectivity index (χ3n) is 0. The lowest BCUT2D eigenvalue weighted by Crippen LogP contribution is -0.481. The summed E-state index contributed by atoms with van der Waals surface area (Å²) in [7, 11) is 0. The van der Waals surface area contributed by atoms with E-state index in [0.29, 0.717) is 0 Å². The van der Waals surface area contributed by atoms with E-state index in [0.717, 1.165) is 0 Å². The molecule has 0 aromatic heterocycles. The molecule has 0 fully saturated rings. The van der Waals surface area contributed by atoms with Gasteiger partial charge in [0.15, 0.2) is 0 Å². The van der Waals surface area contributed by atoms with Gasteiger partial charge in [0.25, 0.3) is 0 Å². The van der Waals surface area contributed by atoms with Crippen molar-refractivity contribution in [1.82, 2.24) is 6.15 Å². The lowest BCUT2D eigenvalue weighted by molar-refractivity contribution is 0.824. The molecule has 0 aromatic carbocycles. The molecule has 0 saturated heterocycles. The second-order valence-electron chi connectivity index (χ2n) is 0. The second-order valence-corrected chi connectivity index (χ2v) is 0. The van der Waals surface area contributed by atoms with Crippen LogP contribution in [-0.4, -0.2) is 13.9 Å². The Hall–Kier alpha value is 0.415. The van der Waals surface area contributed by atoms with Crippen LogP contribution in [0.3, 0.4) is 0 Å². The van der Waals surface area contributed by atoms with Crippen molar-refractivity contribution >= 4 is 18.3 Å². The molecule has 0 aliphatic heterocycles. The van der Waals surface area contributed by atoms with Crippen LogP contribution < -0.4 is 6.15 Å². The van der Waals surface area contributed by atoms with E-state index in [1.165, 1.54) is 0 Å². The summed E-state index contributed by atoms with van der Waals surface area (Å²) >= 11 is 0. The Labute approximate surface area is 31.1 Å². The molecule has 0 bridgehead atoms. The zero-order valence-electron chi connectivity index (χ0n) is 2.49. The lowest BCUT2D eigenvalue weighted by Gasteiger charge is -0.412. The van der Waals surface area contributed by atoms with Crippen LogP contribution in [0.5, 0.6) is 0 Å². The van der Waals surface area contributed by atoms with Gasteiger partial charge in [-0.05, 0) is 0 Å². The molecule has 0 aliphatic rings. The maximum atomic E-state index is 0. The zero-order valence-corrected chi connectivity index (χ0v) is 3.91. The summed E-state index contributed by atoms with van der Waals surface area (Å²) in [6.45, 7) is 0. The Balaban J connectivity index is 0. The van der Waals surface area contributed by atoms with E-state index in [9.17, 15) is 0 Å². The van der Waals surface area contributed by atoms with Crippen LogP contribution in [0.4, 0.5) is 0 Å². The first-order chi connectivity index (χ1) is 0. The third-order valence-corrected chi connectivity index (χ3v) is 0. The van der Waals surface area contributed by atoms with Gasteiger partial charge in [-0.15, -0.1) is 0 Å². The topological polar surface area (TPSA) is 66.5 Å². The Bertz CT molecular complexity index is 8.00. The molecule has 4 heavy (non-hydrogen) atoms. The fourth-order valence-corrected chi connectivity index (χ4v) is 0. The van der Waals surface area contributed by atoms with Crippen LogP contribution >= 0.6 is 9.90 Å². The van der Waals surface area contributed by atoms with Gasteiger partial charge >= 0.3 is 0 Å². The monoisotopic (exact) mass is 80.0 g/mol.